The SMILES string of the molecule is CC1(C)C(=O)N(SF)C(=O)N1CC1CCCCC1. The summed E-state index contributed by atoms with van der Waals surface area (Å²) in [5, 5.41) is 0. The van der Waals surface area contributed by atoms with Crippen molar-refractivity contribution >= 4 is 24.3 Å². The van der Waals surface area contributed by atoms with Crippen molar-refractivity contribution in [3.63, 3.8) is 0 Å². The van der Waals surface area contributed by atoms with Crippen molar-refractivity contribution in [1.29, 1.82) is 0 Å². The molecule has 102 valence electrons. The van der Waals surface area contributed by atoms with Gasteiger partial charge in [-0.1, -0.05) is 19.3 Å². The first-order valence-corrected chi connectivity index (χ1v) is 7.10. The maximum Gasteiger partial charge on any atom is 0.340 e. The Hall–Kier alpha value is -0.780. The van der Waals surface area contributed by atoms with Gasteiger partial charge in [0.1, 0.15) is 5.54 Å². The molecule has 0 spiro atoms. The van der Waals surface area contributed by atoms with Crippen LogP contribution in [0.2, 0.25) is 0 Å². The first-order chi connectivity index (χ1) is 8.48. The van der Waals surface area contributed by atoms with Crippen molar-refractivity contribution in [2.24, 2.45) is 5.92 Å². The highest BCUT2D eigenvalue weighted by Crippen LogP contribution is 2.35. The molecule has 18 heavy (non-hydrogen) atoms. The standard InChI is InChI=1S/C12H19FN2O2S/c1-12(2)10(16)15(18-13)11(17)14(12)8-9-6-4-3-5-7-9/h9H,3-8H2,1-2H3. The Balaban J connectivity index is 2.10. The molecule has 6 heteroatoms. The maximum atomic E-state index is 12.7. The van der Waals surface area contributed by atoms with Crippen molar-refractivity contribution in [3.8, 4) is 0 Å². The van der Waals surface area contributed by atoms with Crippen LogP contribution in [0.3, 0.4) is 0 Å². The molecule has 1 saturated carbocycles. The van der Waals surface area contributed by atoms with Crippen LogP contribution in [0.1, 0.15) is 46.0 Å². The molecule has 2 fully saturated rings. The Morgan fingerprint density at radius 3 is 2.39 bits per heavy atom. The minimum absolute atomic E-state index is 0.291. The van der Waals surface area contributed by atoms with Crippen LogP contribution < -0.4 is 0 Å². The minimum atomic E-state index is -0.923. The van der Waals surface area contributed by atoms with E-state index >= 15 is 0 Å². The zero-order valence-electron chi connectivity index (χ0n) is 10.8. The highest BCUT2D eigenvalue weighted by molar-refractivity contribution is 7.93. The number of imide groups is 1. The second kappa shape index (κ2) is 5.07. The molecule has 1 aliphatic heterocycles. The van der Waals surface area contributed by atoms with E-state index in [1.54, 1.807) is 13.8 Å². The molecule has 0 unspecified atom stereocenters. The van der Waals surface area contributed by atoms with E-state index in [1.807, 2.05) is 0 Å². The third-order valence-electron chi connectivity index (χ3n) is 4.02. The second-order valence-electron chi connectivity index (χ2n) is 5.62. The van der Waals surface area contributed by atoms with E-state index in [2.05, 4.69) is 0 Å². The van der Waals surface area contributed by atoms with Crippen molar-refractivity contribution in [2.75, 3.05) is 6.54 Å². The monoisotopic (exact) mass is 274 g/mol. The van der Waals surface area contributed by atoms with Gasteiger partial charge in [0.25, 0.3) is 5.91 Å². The number of halogens is 1. The summed E-state index contributed by atoms with van der Waals surface area (Å²) in [5.74, 6) is -0.0184. The highest BCUT2D eigenvalue weighted by Gasteiger charge is 2.52. The zero-order chi connectivity index (χ0) is 13.3. The molecule has 4 nitrogen and oxygen atoms in total. The number of amides is 3. The Labute approximate surface area is 111 Å². The van der Waals surface area contributed by atoms with Gasteiger partial charge < -0.3 is 4.90 Å². The fourth-order valence-electron chi connectivity index (χ4n) is 2.79. The van der Waals surface area contributed by atoms with Crippen LogP contribution >= 0.6 is 12.3 Å². The minimum Gasteiger partial charge on any atom is -0.309 e. The van der Waals surface area contributed by atoms with Gasteiger partial charge in [0, 0.05) is 6.54 Å². The lowest BCUT2D eigenvalue weighted by atomic mass is 9.88. The first-order valence-electron chi connectivity index (χ1n) is 6.43. The second-order valence-corrected chi connectivity index (χ2v) is 6.13. The van der Waals surface area contributed by atoms with Gasteiger partial charge in [-0.2, -0.15) is 4.31 Å². The normalized spacial score (nSPS) is 25.1. The third-order valence-corrected chi connectivity index (χ3v) is 4.48. The summed E-state index contributed by atoms with van der Waals surface area (Å²) < 4.78 is 13.3. The van der Waals surface area contributed by atoms with Crippen molar-refractivity contribution in [3.05, 3.63) is 0 Å². The molecular weight excluding hydrogens is 255 g/mol. The molecule has 0 aromatic rings. The van der Waals surface area contributed by atoms with Crippen LogP contribution in [-0.4, -0.2) is 33.2 Å². The lowest BCUT2D eigenvalue weighted by Crippen LogP contribution is -2.46. The molecule has 0 aromatic heterocycles. The van der Waals surface area contributed by atoms with Gasteiger partial charge in [-0.15, -0.1) is 3.89 Å². The molecule has 3 amide bonds. The fraction of sp³-hybridized carbons (Fsp3) is 0.833. The molecule has 1 aliphatic carbocycles. The Morgan fingerprint density at radius 1 is 1.28 bits per heavy atom. The number of carbonyl (C=O) groups is 2. The number of rotatable bonds is 3. The van der Waals surface area contributed by atoms with E-state index in [-0.39, 0.29) is 12.3 Å². The topological polar surface area (TPSA) is 40.6 Å². The highest BCUT2D eigenvalue weighted by atomic mass is 32.2. The summed E-state index contributed by atoms with van der Waals surface area (Å²) in [6, 6.07) is -0.511. The van der Waals surface area contributed by atoms with E-state index in [1.165, 1.54) is 24.2 Å². The quantitative estimate of drug-likeness (QED) is 0.586. The number of carbonyl (C=O) groups excluding carboxylic acids is 2. The Morgan fingerprint density at radius 2 is 1.89 bits per heavy atom. The summed E-state index contributed by atoms with van der Waals surface area (Å²) in [6.07, 6.45) is 5.80. The van der Waals surface area contributed by atoms with Crippen LogP contribution in [0.15, 0.2) is 0 Å². The molecule has 1 heterocycles. The van der Waals surface area contributed by atoms with Gasteiger partial charge in [-0.3, -0.25) is 4.79 Å². The summed E-state index contributed by atoms with van der Waals surface area (Å²) in [5.41, 5.74) is -0.923. The Kier molecular flexibility index (Phi) is 3.84. The number of nitrogens with zero attached hydrogens (tertiary/aromatic N) is 2. The average molecular weight is 274 g/mol. The van der Waals surface area contributed by atoms with Gasteiger partial charge in [0.05, 0.1) is 0 Å². The van der Waals surface area contributed by atoms with Gasteiger partial charge >= 0.3 is 6.03 Å². The van der Waals surface area contributed by atoms with Crippen molar-refractivity contribution in [1.82, 2.24) is 9.21 Å². The number of hydrogen-bond acceptors (Lipinski definition) is 3. The van der Waals surface area contributed by atoms with Crippen molar-refractivity contribution in [2.45, 2.75) is 51.5 Å². The molecule has 0 N–H and O–H groups in total. The van der Waals surface area contributed by atoms with Crippen LogP contribution in [0.25, 0.3) is 0 Å². The van der Waals surface area contributed by atoms with Crippen LogP contribution in [0.5, 0.6) is 0 Å². The summed E-state index contributed by atoms with van der Waals surface area (Å²) in [7, 11) is 0. The van der Waals surface area contributed by atoms with Crippen LogP contribution in [0, 0.1) is 5.92 Å². The molecule has 0 atom stereocenters. The summed E-state index contributed by atoms with van der Waals surface area (Å²) in [4.78, 5) is 25.5. The van der Waals surface area contributed by atoms with Gasteiger partial charge in [-0.25, -0.2) is 4.79 Å². The maximum absolute atomic E-state index is 12.7. The predicted octanol–water partition coefficient (Wildman–Crippen LogP) is 3.14. The lowest BCUT2D eigenvalue weighted by molar-refractivity contribution is -0.128. The lowest BCUT2D eigenvalue weighted by Gasteiger charge is -2.32. The molecular formula is C12H19FN2O2S. The molecule has 0 bridgehead atoms. The predicted molar refractivity (Wildman–Crippen MR) is 68.3 cm³/mol. The molecule has 0 radical (unpaired) electrons. The Bertz CT molecular complexity index is 356. The van der Waals surface area contributed by atoms with Crippen LogP contribution in [-0.2, 0) is 4.79 Å². The van der Waals surface area contributed by atoms with E-state index < -0.39 is 17.5 Å². The van der Waals surface area contributed by atoms with Crippen LogP contribution in [0.4, 0.5) is 8.68 Å². The smallest absolute Gasteiger partial charge is 0.309 e. The van der Waals surface area contributed by atoms with E-state index in [9.17, 15) is 13.5 Å². The van der Waals surface area contributed by atoms with E-state index in [0.717, 1.165) is 12.8 Å². The molecule has 2 aliphatic rings. The summed E-state index contributed by atoms with van der Waals surface area (Å²) >= 11 is -0.291. The summed E-state index contributed by atoms with van der Waals surface area (Å²) in [6.45, 7) is 3.94. The molecule has 0 aromatic carbocycles. The zero-order valence-corrected chi connectivity index (χ0v) is 11.6. The van der Waals surface area contributed by atoms with E-state index in [4.69, 9.17) is 0 Å². The van der Waals surface area contributed by atoms with Gasteiger partial charge in [0.2, 0.25) is 0 Å². The van der Waals surface area contributed by atoms with Gasteiger partial charge in [0.15, 0.2) is 12.3 Å². The number of urea groups is 1. The largest absolute Gasteiger partial charge is 0.340 e. The molecule has 1 saturated heterocycles. The van der Waals surface area contributed by atoms with E-state index in [0.29, 0.717) is 16.8 Å². The average Bonchev–Trinajstić information content (AvgIpc) is 2.51. The third kappa shape index (κ3) is 2.22. The first kappa shape index (κ1) is 13.6. The van der Waals surface area contributed by atoms with Gasteiger partial charge in [-0.05, 0) is 32.6 Å². The fourth-order valence-corrected chi connectivity index (χ4v) is 3.24. The number of hydrogen-bond donors (Lipinski definition) is 0. The van der Waals surface area contributed by atoms with Crippen molar-refractivity contribution < 1.29 is 13.5 Å². The molecule has 2 rings (SSSR count).